The number of nitrogens with zero attached hydrogens (tertiary/aromatic N) is 1. The van der Waals surface area contributed by atoms with E-state index < -0.39 is 5.97 Å². The lowest BCUT2D eigenvalue weighted by molar-refractivity contribution is -0.139. The van der Waals surface area contributed by atoms with Crippen molar-refractivity contribution in [1.82, 2.24) is 0 Å². The van der Waals surface area contributed by atoms with Gasteiger partial charge in [-0.2, -0.15) is 5.26 Å². The first-order valence-corrected chi connectivity index (χ1v) is 5.21. The third kappa shape index (κ3) is 2.71. The fraction of sp³-hybridized carbons (Fsp3) is 0.200. The van der Waals surface area contributed by atoms with Gasteiger partial charge >= 0.3 is 5.97 Å². The van der Waals surface area contributed by atoms with E-state index in [9.17, 15) is 4.79 Å². The Kier molecular flexibility index (Phi) is 4.13. The van der Waals surface area contributed by atoms with Crippen LogP contribution in [0.1, 0.15) is 11.1 Å². The van der Waals surface area contributed by atoms with E-state index in [2.05, 4.69) is 20.7 Å². The Morgan fingerprint density at radius 3 is 2.87 bits per heavy atom. The van der Waals surface area contributed by atoms with Crippen LogP contribution in [0.25, 0.3) is 0 Å². The van der Waals surface area contributed by atoms with Crippen LogP contribution in [0.2, 0.25) is 5.02 Å². The van der Waals surface area contributed by atoms with Gasteiger partial charge in [-0.15, -0.1) is 0 Å². The summed E-state index contributed by atoms with van der Waals surface area (Å²) in [5.41, 5.74) is 0.966. The Morgan fingerprint density at radius 1 is 1.67 bits per heavy atom. The smallest absolute Gasteiger partial charge is 0.310 e. The summed E-state index contributed by atoms with van der Waals surface area (Å²) in [4.78, 5) is 11.1. The van der Waals surface area contributed by atoms with Crippen LogP contribution in [0.4, 0.5) is 0 Å². The number of halogens is 2. The minimum absolute atomic E-state index is 0.0283. The first-order chi connectivity index (χ1) is 7.10. The molecule has 0 atom stereocenters. The molecule has 0 amide bonds. The molecule has 0 aliphatic carbocycles. The molecule has 1 aromatic carbocycles. The Hall–Kier alpha value is -1.05. The molecule has 0 spiro atoms. The normalized spacial score (nSPS) is 9.47. The van der Waals surface area contributed by atoms with Crippen molar-refractivity contribution in [1.29, 1.82) is 5.26 Å². The second-order valence-corrected chi connectivity index (χ2v) is 3.95. The van der Waals surface area contributed by atoms with Crippen LogP contribution in [-0.4, -0.2) is 13.1 Å². The van der Waals surface area contributed by atoms with Crippen molar-refractivity contribution in [2.45, 2.75) is 6.42 Å². The van der Waals surface area contributed by atoms with E-state index in [4.69, 9.17) is 16.9 Å². The average Bonchev–Trinajstić information content (AvgIpc) is 2.25. The predicted molar refractivity (Wildman–Crippen MR) is 59.6 cm³/mol. The second-order valence-electron chi connectivity index (χ2n) is 2.75. The zero-order valence-corrected chi connectivity index (χ0v) is 10.2. The molecule has 0 fully saturated rings. The number of ether oxygens (including phenoxy) is 1. The summed E-state index contributed by atoms with van der Waals surface area (Å²) in [6, 6.07) is 5.17. The van der Waals surface area contributed by atoms with Gasteiger partial charge in [0.2, 0.25) is 0 Å². The molecule has 15 heavy (non-hydrogen) atoms. The highest BCUT2D eigenvalue weighted by Crippen LogP contribution is 2.29. The standard InChI is InChI=1S/C10H7BrClNO2/c1-15-9(14)4-7-6(5-13)2-3-8(12)10(7)11/h2-3H,4H2,1H3. The highest BCUT2D eigenvalue weighted by Gasteiger charge is 2.14. The third-order valence-corrected chi connectivity index (χ3v) is 3.31. The molecule has 5 heteroatoms. The fourth-order valence-electron chi connectivity index (χ4n) is 1.09. The van der Waals surface area contributed by atoms with Crippen LogP contribution in [-0.2, 0) is 16.0 Å². The molecule has 0 heterocycles. The van der Waals surface area contributed by atoms with E-state index in [0.29, 0.717) is 20.6 Å². The van der Waals surface area contributed by atoms with Crippen molar-refractivity contribution in [2.24, 2.45) is 0 Å². The molecule has 0 aliphatic rings. The van der Waals surface area contributed by atoms with Gasteiger partial charge in [0.1, 0.15) is 0 Å². The fourth-order valence-corrected chi connectivity index (χ4v) is 1.75. The van der Waals surface area contributed by atoms with E-state index in [0.717, 1.165) is 0 Å². The lowest BCUT2D eigenvalue weighted by atomic mass is 10.1. The van der Waals surface area contributed by atoms with Crippen LogP contribution in [0.5, 0.6) is 0 Å². The maximum Gasteiger partial charge on any atom is 0.310 e. The highest BCUT2D eigenvalue weighted by molar-refractivity contribution is 9.10. The summed E-state index contributed by atoms with van der Waals surface area (Å²) in [7, 11) is 1.30. The molecule has 0 bridgehead atoms. The van der Waals surface area contributed by atoms with Gasteiger partial charge in [0.25, 0.3) is 0 Å². The largest absolute Gasteiger partial charge is 0.469 e. The predicted octanol–water partition coefficient (Wildman–Crippen LogP) is 2.69. The summed E-state index contributed by atoms with van der Waals surface area (Å²) in [5.74, 6) is -0.408. The summed E-state index contributed by atoms with van der Waals surface area (Å²) in [6.07, 6.45) is 0.0283. The number of carbonyl (C=O) groups excluding carboxylic acids is 1. The first kappa shape index (κ1) is 12.0. The summed E-state index contributed by atoms with van der Waals surface area (Å²) in [5, 5.41) is 9.32. The van der Waals surface area contributed by atoms with Crippen molar-refractivity contribution < 1.29 is 9.53 Å². The van der Waals surface area contributed by atoms with Crippen LogP contribution in [0.3, 0.4) is 0 Å². The average molecular weight is 289 g/mol. The van der Waals surface area contributed by atoms with Crippen molar-refractivity contribution in [3.05, 3.63) is 32.8 Å². The monoisotopic (exact) mass is 287 g/mol. The number of esters is 1. The van der Waals surface area contributed by atoms with Gasteiger partial charge in [0, 0.05) is 4.47 Å². The zero-order chi connectivity index (χ0) is 11.4. The van der Waals surface area contributed by atoms with Gasteiger partial charge in [-0.25, -0.2) is 0 Å². The van der Waals surface area contributed by atoms with Crippen molar-refractivity contribution in [3.8, 4) is 6.07 Å². The van der Waals surface area contributed by atoms with Crippen LogP contribution < -0.4 is 0 Å². The number of hydrogen-bond acceptors (Lipinski definition) is 3. The minimum atomic E-state index is -0.408. The van der Waals surface area contributed by atoms with Gasteiger partial charge in [0.15, 0.2) is 0 Å². The minimum Gasteiger partial charge on any atom is -0.469 e. The quantitative estimate of drug-likeness (QED) is 0.786. The number of benzene rings is 1. The molecular weight excluding hydrogens is 281 g/mol. The number of nitriles is 1. The highest BCUT2D eigenvalue weighted by atomic mass is 79.9. The number of hydrogen-bond donors (Lipinski definition) is 0. The second kappa shape index (κ2) is 5.15. The summed E-state index contributed by atoms with van der Waals surface area (Å²) < 4.78 is 5.10. The molecule has 1 aromatic rings. The SMILES string of the molecule is COC(=O)Cc1c(C#N)ccc(Cl)c1Br. The van der Waals surface area contributed by atoms with Crippen LogP contribution in [0, 0.1) is 11.3 Å². The first-order valence-electron chi connectivity index (χ1n) is 4.04. The molecule has 78 valence electrons. The molecule has 0 N–H and O–H groups in total. The summed E-state index contributed by atoms with van der Waals surface area (Å²) in [6.45, 7) is 0. The van der Waals surface area contributed by atoms with Gasteiger partial charge in [-0.3, -0.25) is 4.79 Å². The molecule has 0 saturated carbocycles. The van der Waals surface area contributed by atoms with E-state index >= 15 is 0 Å². The van der Waals surface area contributed by atoms with Crippen molar-refractivity contribution in [3.63, 3.8) is 0 Å². The van der Waals surface area contributed by atoms with Crippen LogP contribution >= 0.6 is 27.5 Å². The third-order valence-electron chi connectivity index (χ3n) is 1.87. The molecular formula is C10H7BrClNO2. The van der Waals surface area contributed by atoms with Gasteiger partial charge < -0.3 is 4.74 Å². The van der Waals surface area contributed by atoms with Crippen molar-refractivity contribution >= 4 is 33.5 Å². The lowest BCUT2D eigenvalue weighted by Gasteiger charge is -2.06. The Morgan fingerprint density at radius 2 is 2.33 bits per heavy atom. The Labute approximate surface area is 101 Å². The Bertz CT molecular complexity index is 440. The number of methoxy groups -OCH3 is 1. The van der Waals surface area contributed by atoms with E-state index in [1.54, 1.807) is 12.1 Å². The van der Waals surface area contributed by atoms with Gasteiger partial charge in [-0.05, 0) is 33.6 Å². The number of rotatable bonds is 2. The molecule has 0 radical (unpaired) electrons. The van der Waals surface area contributed by atoms with Crippen molar-refractivity contribution in [2.75, 3.05) is 7.11 Å². The lowest BCUT2D eigenvalue weighted by Crippen LogP contribution is -2.07. The topological polar surface area (TPSA) is 50.1 Å². The maximum absolute atomic E-state index is 11.1. The Balaban J connectivity index is 3.19. The zero-order valence-electron chi connectivity index (χ0n) is 7.88. The van der Waals surface area contributed by atoms with Gasteiger partial charge in [0.05, 0.1) is 30.2 Å². The van der Waals surface area contributed by atoms with Crippen LogP contribution in [0.15, 0.2) is 16.6 Å². The van der Waals surface area contributed by atoms with E-state index in [1.165, 1.54) is 7.11 Å². The molecule has 1 rings (SSSR count). The molecule has 3 nitrogen and oxygen atoms in total. The molecule has 0 aliphatic heterocycles. The number of carbonyl (C=O) groups is 1. The maximum atomic E-state index is 11.1. The molecule has 0 aromatic heterocycles. The van der Waals surface area contributed by atoms with E-state index in [-0.39, 0.29) is 6.42 Å². The van der Waals surface area contributed by atoms with E-state index in [1.807, 2.05) is 6.07 Å². The summed E-state index contributed by atoms with van der Waals surface area (Å²) >= 11 is 9.10. The van der Waals surface area contributed by atoms with Gasteiger partial charge in [-0.1, -0.05) is 11.6 Å². The molecule has 0 saturated heterocycles. The molecule has 0 unspecified atom stereocenters.